The second kappa shape index (κ2) is 7.90. The van der Waals surface area contributed by atoms with Gasteiger partial charge < -0.3 is 10.4 Å². The van der Waals surface area contributed by atoms with Crippen molar-refractivity contribution in [2.75, 3.05) is 5.32 Å². The van der Waals surface area contributed by atoms with Crippen LogP contribution in [0.15, 0.2) is 60.7 Å². The number of fused-ring (bicyclic) bond motifs is 1. The molecule has 2 aromatic heterocycles. The van der Waals surface area contributed by atoms with Gasteiger partial charge in [-0.1, -0.05) is 47.5 Å². The summed E-state index contributed by atoms with van der Waals surface area (Å²) < 4.78 is 0. The van der Waals surface area contributed by atoms with E-state index in [1.807, 2.05) is 56.3 Å². The Morgan fingerprint density at radius 2 is 1.62 bits per heavy atom. The van der Waals surface area contributed by atoms with Gasteiger partial charge in [0.2, 0.25) is 0 Å². The SMILES string of the molecule is Cc1cccc(NC(c2cc(Cl)ccc2Cl)c2ccc3ccc(C)nc3c2O)n1. The highest BCUT2D eigenvalue weighted by atomic mass is 35.5. The van der Waals surface area contributed by atoms with Crippen molar-refractivity contribution >= 4 is 39.9 Å². The lowest BCUT2D eigenvalue weighted by molar-refractivity contribution is 0.471. The van der Waals surface area contributed by atoms with Gasteiger partial charge in [-0.05, 0) is 55.8 Å². The number of phenolic OH excluding ortho intramolecular Hbond substituents is 1. The lowest BCUT2D eigenvalue weighted by atomic mass is 9.96. The average Bonchev–Trinajstić information content (AvgIpc) is 2.69. The molecule has 0 fully saturated rings. The highest BCUT2D eigenvalue weighted by molar-refractivity contribution is 6.33. The number of nitrogens with one attached hydrogen (secondary N) is 1. The van der Waals surface area contributed by atoms with Gasteiger partial charge in [0.05, 0.1) is 6.04 Å². The molecule has 4 nitrogen and oxygen atoms in total. The third-order valence-electron chi connectivity index (χ3n) is 4.77. The Kier molecular flexibility index (Phi) is 5.31. The molecule has 0 spiro atoms. The van der Waals surface area contributed by atoms with Crippen molar-refractivity contribution in [1.82, 2.24) is 9.97 Å². The Morgan fingerprint density at radius 1 is 0.862 bits per heavy atom. The fourth-order valence-electron chi connectivity index (χ4n) is 3.35. The molecule has 4 aromatic rings. The van der Waals surface area contributed by atoms with Crippen molar-refractivity contribution in [2.45, 2.75) is 19.9 Å². The van der Waals surface area contributed by atoms with Gasteiger partial charge >= 0.3 is 0 Å². The third kappa shape index (κ3) is 4.00. The van der Waals surface area contributed by atoms with Crippen molar-refractivity contribution in [2.24, 2.45) is 0 Å². The number of rotatable bonds is 4. The molecule has 0 saturated carbocycles. The van der Waals surface area contributed by atoms with E-state index in [0.29, 0.717) is 26.9 Å². The summed E-state index contributed by atoms with van der Waals surface area (Å²) in [5, 5.41) is 16.5. The average molecular weight is 424 g/mol. The van der Waals surface area contributed by atoms with Gasteiger partial charge in [-0.25, -0.2) is 9.97 Å². The summed E-state index contributed by atoms with van der Waals surface area (Å²) in [5.41, 5.74) is 3.64. The fourth-order valence-corrected chi connectivity index (χ4v) is 3.76. The van der Waals surface area contributed by atoms with Gasteiger partial charge in [0.15, 0.2) is 0 Å². The molecule has 0 aliphatic carbocycles. The van der Waals surface area contributed by atoms with Gasteiger partial charge in [-0.2, -0.15) is 0 Å². The van der Waals surface area contributed by atoms with Crippen LogP contribution in [-0.2, 0) is 0 Å². The number of nitrogens with zero attached hydrogens (tertiary/aromatic N) is 2. The van der Waals surface area contributed by atoms with Crippen LogP contribution in [-0.4, -0.2) is 15.1 Å². The maximum atomic E-state index is 11.1. The number of aromatic hydroxyl groups is 1. The topological polar surface area (TPSA) is 58.0 Å². The van der Waals surface area contributed by atoms with Crippen LogP contribution in [0.2, 0.25) is 10.0 Å². The van der Waals surface area contributed by atoms with E-state index in [-0.39, 0.29) is 5.75 Å². The lowest BCUT2D eigenvalue weighted by Crippen LogP contribution is -2.14. The lowest BCUT2D eigenvalue weighted by Gasteiger charge is -2.23. The summed E-state index contributed by atoms with van der Waals surface area (Å²) in [5.74, 6) is 0.773. The number of pyridine rings is 2. The minimum Gasteiger partial charge on any atom is -0.505 e. The maximum absolute atomic E-state index is 11.1. The second-order valence-corrected chi connectivity index (χ2v) is 7.78. The molecular formula is C23H19Cl2N3O. The van der Waals surface area contributed by atoms with Gasteiger partial charge in [-0.3, -0.25) is 0 Å². The normalized spacial score (nSPS) is 12.1. The van der Waals surface area contributed by atoms with Crippen molar-refractivity contribution in [1.29, 1.82) is 0 Å². The monoisotopic (exact) mass is 423 g/mol. The van der Waals surface area contributed by atoms with Crippen LogP contribution < -0.4 is 5.32 Å². The van der Waals surface area contributed by atoms with E-state index in [1.165, 1.54) is 0 Å². The van der Waals surface area contributed by atoms with E-state index < -0.39 is 6.04 Å². The molecule has 146 valence electrons. The molecule has 0 bridgehead atoms. The van der Waals surface area contributed by atoms with Gasteiger partial charge in [0.1, 0.15) is 17.1 Å². The number of aryl methyl sites for hydroxylation is 2. The van der Waals surface area contributed by atoms with Crippen LogP contribution in [0.3, 0.4) is 0 Å². The highest BCUT2D eigenvalue weighted by Crippen LogP contribution is 2.39. The van der Waals surface area contributed by atoms with E-state index in [2.05, 4.69) is 15.3 Å². The smallest absolute Gasteiger partial charge is 0.147 e. The van der Waals surface area contributed by atoms with E-state index >= 15 is 0 Å². The molecule has 0 aliphatic heterocycles. The summed E-state index contributed by atoms with van der Waals surface area (Å²) in [6, 6.07) is 18.2. The molecule has 2 heterocycles. The molecule has 0 aliphatic rings. The molecule has 1 unspecified atom stereocenters. The molecule has 0 radical (unpaired) electrons. The van der Waals surface area contributed by atoms with Gasteiger partial charge in [0.25, 0.3) is 0 Å². The first-order chi connectivity index (χ1) is 13.9. The van der Waals surface area contributed by atoms with Crippen molar-refractivity contribution in [3.8, 4) is 5.75 Å². The van der Waals surface area contributed by atoms with Crippen LogP contribution in [0.1, 0.15) is 28.6 Å². The summed E-state index contributed by atoms with van der Waals surface area (Å²) in [6.07, 6.45) is 0. The number of hydrogen-bond donors (Lipinski definition) is 2. The molecule has 0 saturated heterocycles. The molecule has 6 heteroatoms. The summed E-state index contributed by atoms with van der Waals surface area (Å²) in [6.45, 7) is 3.82. The Hall–Kier alpha value is -2.82. The molecular weight excluding hydrogens is 405 g/mol. The van der Waals surface area contributed by atoms with Crippen LogP contribution >= 0.6 is 23.2 Å². The molecule has 2 aromatic carbocycles. The zero-order chi connectivity index (χ0) is 20.5. The zero-order valence-electron chi connectivity index (χ0n) is 15.9. The van der Waals surface area contributed by atoms with Crippen LogP contribution in [0.25, 0.3) is 10.9 Å². The van der Waals surface area contributed by atoms with Gasteiger partial charge in [-0.15, -0.1) is 0 Å². The quantitative estimate of drug-likeness (QED) is 0.395. The van der Waals surface area contributed by atoms with Crippen molar-refractivity contribution in [3.63, 3.8) is 0 Å². The Balaban J connectivity index is 1.91. The Labute approximate surface area is 179 Å². The number of hydrogen-bond acceptors (Lipinski definition) is 4. The van der Waals surface area contributed by atoms with Crippen LogP contribution in [0.5, 0.6) is 5.75 Å². The summed E-state index contributed by atoms with van der Waals surface area (Å²) >= 11 is 12.8. The molecule has 29 heavy (non-hydrogen) atoms. The number of halogens is 2. The highest BCUT2D eigenvalue weighted by Gasteiger charge is 2.23. The summed E-state index contributed by atoms with van der Waals surface area (Å²) in [4.78, 5) is 9.06. The molecule has 1 atom stereocenters. The molecule has 2 N–H and O–H groups in total. The van der Waals surface area contributed by atoms with Gasteiger partial charge in [0, 0.05) is 32.4 Å². The fraction of sp³-hybridized carbons (Fsp3) is 0.130. The standard InChI is InChI=1S/C23H19Cl2N3O/c1-13-4-3-5-20(26-13)28-22(18-12-16(24)9-11-19(18)25)17-10-8-15-7-6-14(2)27-21(15)23(17)29/h3-12,22,29H,1-2H3,(H,26,28). The minimum absolute atomic E-state index is 0.104. The number of aromatic nitrogens is 2. The summed E-state index contributed by atoms with van der Waals surface area (Å²) in [7, 11) is 0. The molecule has 0 amide bonds. The zero-order valence-corrected chi connectivity index (χ0v) is 17.5. The predicted octanol–water partition coefficient (Wildman–Crippen LogP) is 6.46. The third-order valence-corrected chi connectivity index (χ3v) is 5.35. The van der Waals surface area contributed by atoms with E-state index in [0.717, 1.165) is 22.3 Å². The Morgan fingerprint density at radius 3 is 2.41 bits per heavy atom. The number of anilines is 1. The second-order valence-electron chi connectivity index (χ2n) is 6.94. The first-order valence-corrected chi connectivity index (χ1v) is 9.92. The van der Waals surface area contributed by atoms with E-state index in [4.69, 9.17) is 23.2 Å². The largest absolute Gasteiger partial charge is 0.505 e. The first kappa shape index (κ1) is 19.5. The van der Waals surface area contributed by atoms with Crippen LogP contribution in [0.4, 0.5) is 5.82 Å². The van der Waals surface area contributed by atoms with E-state index in [1.54, 1.807) is 18.2 Å². The molecule has 4 rings (SSSR count). The predicted molar refractivity (Wildman–Crippen MR) is 119 cm³/mol. The van der Waals surface area contributed by atoms with Crippen molar-refractivity contribution in [3.05, 3.63) is 93.2 Å². The maximum Gasteiger partial charge on any atom is 0.147 e. The number of phenols is 1. The van der Waals surface area contributed by atoms with Crippen LogP contribution in [0, 0.1) is 13.8 Å². The Bertz CT molecular complexity index is 1210. The minimum atomic E-state index is -0.470. The number of benzene rings is 2. The van der Waals surface area contributed by atoms with E-state index in [9.17, 15) is 5.11 Å². The first-order valence-electron chi connectivity index (χ1n) is 9.17. The van der Waals surface area contributed by atoms with Crippen molar-refractivity contribution < 1.29 is 5.11 Å².